The van der Waals surface area contributed by atoms with E-state index in [-0.39, 0.29) is 6.42 Å². The van der Waals surface area contributed by atoms with Crippen LogP contribution in [0.5, 0.6) is 0 Å². The van der Waals surface area contributed by atoms with E-state index in [2.05, 4.69) is 0 Å². The number of hydrogen-bond donors (Lipinski definition) is 1. The fraction of sp³-hybridized carbons (Fsp3) is 0.500. The van der Waals surface area contributed by atoms with E-state index in [1.165, 1.54) is 36.3 Å². The van der Waals surface area contributed by atoms with Crippen LogP contribution in [-0.4, -0.2) is 16.8 Å². The van der Waals surface area contributed by atoms with Gasteiger partial charge in [-0.25, -0.2) is 0 Å². The summed E-state index contributed by atoms with van der Waals surface area (Å²) in [5.41, 5.74) is 0.878. The molecule has 17 heavy (non-hydrogen) atoms. The molecule has 1 fully saturated rings. The Morgan fingerprint density at radius 2 is 1.88 bits per heavy atom. The zero-order valence-electron chi connectivity index (χ0n) is 9.89. The number of thioether (sulfide) groups is 1. The minimum atomic E-state index is -0.767. The molecule has 0 amide bonds. The number of benzene rings is 1. The topological polar surface area (TPSA) is 37.3 Å². The van der Waals surface area contributed by atoms with Crippen molar-refractivity contribution in [2.75, 3.05) is 5.75 Å². The lowest BCUT2D eigenvalue weighted by molar-refractivity contribution is -0.136. The average Bonchev–Trinajstić information content (AvgIpc) is 2.80. The van der Waals surface area contributed by atoms with Crippen LogP contribution in [0.4, 0.5) is 0 Å². The molecule has 0 unspecified atom stereocenters. The summed E-state index contributed by atoms with van der Waals surface area (Å²) in [5.74, 6) is 1.33. The molecule has 1 aromatic rings. The molecule has 1 aliphatic rings. The maximum absolute atomic E-state index is 10.5. The van der Waals surface area contributed by atoms with Gasteiger partial charge in [-0.05, 0) is 36.5 Å². The molecule has 0 aliphatic heterocycles. The normalized spacial score (nSPS) is 16.2. The fourth-order valence-corrected chi connectivity index (χ4v) is 3.36. The van der Waals surface area contributed by atoms with Gasteiger partial charge < -0.3 is 5.11 Å². The van der Waals surface area contributed by atoms with Gasteiger partial charge in [0, 0.05) is 10.6 Å². The number of carbonyl (C=O) groups is 1. The quantitative estimate of drug-likeness (QED) is 0.811. The Hall–Kier alpha value is -0.960. The standard InChI is InChI=1S/C14H18O2S/c15-14(16)9-11-5-7-13(8-6-11)17-10-12-3-1-2-4-12/h5-8,12H,1-4,9-10H2,(H,15,16). The maximum atomic E-state index is 10.5. The highest BCUT2D eigenvalue weighted by molar-refractivity contribution is 7.99. The summed E-state index contributed by atoms with van der Waals surface area (Å²) in [6, 6.07) is 7.92. The van der Waals surface area contributed by atoms with E-state index < -0.39 is 5.97 Å². The molecule has 0 radical (unpaired) electrons. The Morgan fingerprint density at radius 1 is 1.24 bits per heavy atom. The van der Waals surface area contributed by atoms with Crippen molar-refractivity contribution in [2.45, 2.75) is 37.0 Å². The molecule has 0 bridgehead atoms. The number of hydrogen-bond acceptors (Lipinski definition) is 2. The molecule has 1 aromatic carbocycles. The molecule has 0 spiro atoms. The molecule has 1 aliphatic carbocycles. The summed E-state index contributed by atoms with van der Waals surface area (Å²) in [7, 11) is 0. The van der Waals surface area contributed by atoms with E-state index in [0.29, 0.717) is 0 Å². The highest BCUT2D eigenvalue weighted by Gasteiger charge is 2.14. The maximum Gasteiger partial charge on any atom is 0.307 e. The third kappa shape index (κ3) is 4.08. The zero-order valence-corrected chi connectivity index (χ0v) is 10.7. The highest BCUT2D eigenvalue weighted by Crippen LogP contribution is 2.30. The van der Waals surface area contributed by atoms with Crippen LogP contribution in [0.2, 0.25) is 0 Å². The first-order valence-electron chi connectivity index (χ1n) is 6.17. The van der Waals surface area contributed by atoms with Crippen LogP contribution < -0.4 is 0 Å². The number of aliphatic carboxylic acids is 1. The summed E-state index contributed by atoms with van der Waals surface area (Å²) in [4.78, 5) is 11.8. The van der Waals surface area contributed by atoms with Gasteiger partial charge in [0.2, 0.25) is 0 Å². The number of carboxylic acids is 1. The van der Waals surface area contributed by atoms with Gasteiger partial charge in [-0.1, -0.05) is 25.0 Å². The fourth-order valence-electron chi connectivity index (χ4n) is 2.27. The van der Waals surface area contributed by atoms with Crippen LogP contribution in [0.15, 0.2) is 29.2 Å². The van der Waals surface area contributed by atoms with Crippen molar-refractivity contribution in [1.29, 1.82) is 0 Å². The lowest BCUT2D eigenvalue weighted by Gasteiger charge is -2.08. The zero-order chi connectivity index (χ0) is 12.1. The predicted octanol–water partition coefficient (Wildman–Crippen LogP) is 3.60. The van der Waals surface area contributed by atoms with Crippen molar-refractivity contribution < 1.29 is 9.90 Å². The van der Waals surface area contributed by atoms with Crippen LogP contribution in [0.25, 0.3) is 0 Å². The molecule has 2 nitrogen and oxygen atoms in total. The lowest BCUT2D eigenvalue weighted by Crippen LogP contribution is -1.99. The number of rotatable bonds is 5. The van der Waals surface area contributed by atoms with Crippen molar-refractivity contribution in [1.82, 2.24) is 0 Å². The van der Waals surface area contributed by atoms with Crippen LogP contribution >= 0.6 is 11.8 Å². The Morgan fingerprint density at radius 3 is 2.47 bits per heavy atom. The van der Waals surface area contributed by atoms with Gasteiger partial charge >= 0.3 is 5.97 Å². The van der Waals surface area contributed by atoms with Crippen molar-refractivity contribution in [3.63, 3.8) is 0 Å². The first-order chi connectivity index (χ1) is 8.24. The summed E-state index contributed by atoms with van der Waals surface area (Å²) < 4.78 is 0. The minimum Gasteiger partial charge on any atom is -0.481 e. The molecule has 1 saturated carbocycles. The Bertz CT molecular complexity index is 366. The van der Waals surface area contributed by atoms with E-state index in [9.17, 15) is 4.79 Å². The molecule has 92 valence electrons. The van der Waals surface area contributed by atoms with E-state index in [0.717, 1.165) is 11.5 Å². The van der Waals surface area contributed by atoms with Gasteiger partial charge in [-0.2, -0.15) is 0 Å². The first-order valence-corrected chi connectivity index (χ1v) is 7.16. The second kappa shape index (κ2) is 6.10. The molecular weight excluding hydrogens is 232 g/mol. The molecule has 1 N–H and O–H groups in total. The Kier molecular flexibility index (Phi) is 4.49. The summed E-state index contributed by atoms with van der Waals surface area (Å²) in [5, 5.41) is 8.68. The lowest BCUT2D eigenvalue weighted by atomic mass is 10.1. The van der Waals surface area contributed by atoms with E-state index >= 15 is 0 Å². The van der Waals surface area contributed by atoms with Crippen molar-refractivity contribution in [2.24, 2.45) is 5.92 Å². The Labute approximate surface area is 106 Å². The average molecular weight is 250 g/mol. The smallest absolute Gasteiger partial charge is 0.307 e. The van der Waals surface area contributed by atoms with Crippen LogP contribution in [0, 0.1) is 5.92 Å². The third-order valence-corrected chi connectivity index (χ3v) is 4.48. The molecule has 0 atom stereocenters. The van der Waals surface area contributed by atoms with E-state index in [1.807, 2.05) is 36.0 Å². The van der Waals surface area contributed by atoms with Crippen LogP contribution in [0.3, 0.4) is 0 Å². The second-order valence-electron chi connectivity index (χ2n) is 4.68. The third-order valence-electron chi connectivity index (χ3n) is 3.24. The van der Waals surface area contributed by atoms with Crippen molar-refractivity contribution >= 4 is 17.7 Å². The number of carboxylic acid groups (broad SMARTS) is 1. The molecule has 2 rings (SSSR count). The molecule has 0 aromatic heterocycles. The first kappa shape index (κ1) is 12.5. The van der Waals surface area contributed by atoms with Gasteiger partial charge in [0.05, 0.1) is 6.42 Å². The van der Waals surface area contributed by atoms with Crippen LogP contribution in [-0.2, 0) is 11.2 Å². The van der Waals surface area contributed by atoms with Gasteiger partial charge in [-0.3, -0.25) is 4.79 Å². The van der Waals surface area contributed by atoms with Gasteiger partial charge in [-0.15, -0.1) is 11.8 Å². The van der Waals surface area contributed by atoms with Gasteiger partial charge in [0.1, 0.15) is 0 Å². The molecule has 0 heterocycles. The predicted molar refractivity (Wildman–Crippen MR) is 70.5 cm³/mol. The van der Waals surface area contributed by atoms with E-state index in [4.69, 9.17) is 5.11 Å². The van der Waals surface area contributed by atoms with E-state index in [1.54, 1.807) is 0 Å². The molecular formula is C14H18O2S. The Balaban J connectivity index is 1.82. The monoisotopic (exact) mass is 250 g/mol. The van der Waals surface area contributed by atoms with Gasteiger partial charge in [0.25, 0.3) is 0 Å². The summed E-state index contributed by atoms with van der Waals surface area (Å²) in [6.07, 6.45) is 5.66. The largest absolute Gasteiger partial charge is 0.481 e. The van der Waals surface area contributed by atoms with Crippen molar-refractivity contribution in [3.8, 4) is 0 Å². The van der Waals surface area contributed by atoms with Crippen LogP contribution in [0.1, 0.15) is 31.2 Å². The summed E-state index contributed by atoms with van der Waals surface area (Å²) >= 11 is 1.90. The second-order valence-corrected chi connectivity index (χ2v) is 5.77. The minimum absolute atomic E-state index is 0.119. The van der Waals surface area contributed by atoms with Crippen molar-refractivity contribution in [3.05, 3.63) is 29.8 Å². The van der Waals surface area contributed by atoms with Gasteiger partial charge in [0.15, 0.2) is 0 Å². The SMILES string of the molecule is O=C(O)Cc1ccc(SCC2CCCC2)cc1. The molecule has 3 heteroatoms. The highest BCUT2D eigenvalue weighted by atomic mass is 32.2. The molecule has 0 saturated heterocycles. The summed E-state index contributed by atoms with van der Waals surface area (Å²) in [6.45, 7) is 0.